The van der Waals surface area contributed by atoms with Gasteiger partial charge in [0.1, 0.15) is 6.23 Å². The molecule has 5 aliphatic rings. The van der Waals surface area contributed by atoms with Gasteiger partial charge in [-0.3, -0.25) is 9.69 Å². The van der Waals surface area contributed by atoms with Gasteiger partial charge in [-0.05, 0) is 73.5 Å². The average Bonchev–Trinajstić information content (AvgIpc) is 3.10. The first kappa shape index (κ1) is 18.4. The molecule has 1 spiro atoms. The lowest BCUT2D eigenvalue weighted by molar-refractivity contribution is -0.257. The van der Waals surface area contributed by atoms with E-state index in [9.17, 15) is 9.90 Å². The number of fused-ring (bicyclic) bond motifs is 2. The van der Waals surface area contributed by atoms with Crippen LogP contribution >= 0.6 is 0 Å². The molecule has 9 atom stereocenters. The molecule has 27 heavy (non-hydrogen) atoms. The molecule has 4 heteroatoms. The van der Waals surface area contributed by atoms with Crippen molar-refractivity contribution in [1.82, 2.24) is 4.90 Å². The molecule has 0 aromatic carbocycles. The van der Waals surface area contributed by atoms with Crippen LogP contribution in [0.1, 0.15) is 78.6 Å². The van der Waals surface area contributed by atoms with E-state index in [1.54, 1.807) is 0 Å². The van der Waals surface area contributed by atoms with Crippen LogP contribution in [-0.2, 0) is 9.53 Å². The maximum Gasteiger partial charge on any atom is 0.305 e. The van der Waals surface area contributed by atoms with Crippen LogP contribution in [0.3, 0.4) is 0 Å². The number of esters is 1. The van der Waals surface area contributed by atoms with E-state index in [4.69, 9.17) is 4.74 Å². The van der Waals surface area contributed by atoms with Crippen LogP contribution < -0.4 is 0 Å². The summed E-state index contributed by atoms with van der Waals surface area (Å²) in [4.78, 5) is 14.9. The van der Waals surface area contributed by atoms with Gasteiger partial charge in [-0.1, -0.05) is 27.2 Å². The molecule has 5 bridgehead atoms. The summed E-state index contributed by atoms with van der Waals surface area (Å²) in [5, 5.41) is 11.6. The van der Waals surface area contributed by atoms with Gasteiger partial charge >= 0.3 is 5.97 Å². The standard InChI is InChI=1S/C23H37NO3/c1-14(2)15-7-11-21(3)16-8-12-22-10-5-6-17(22)23(21,13-9-18(25)27-4)19(15)24(22)20(16)26/h14-17,19-20,26H,5-13H2,1-4H3/t15-,16-,17-,19+,20+,21+,22-,23+/m0/s1. The van der Waals surface area contributed by atoms with E-state index in [2.05, 4.69) is 25.7 Å². The fraction of sp³-hybridized carbons (Fsp3) is 0.957. The van der Waals surface area contributed by atoms with Crippen LogP contribution in [0.25, 0.3) is 0 Å². The van der Waals surface area contributed by atoms with Crippen LogP contribution in [0.4, 0.5) is 0 Å². The predicted molar refractivity (Wildman–Crippen MR) is 104 cm³/mol. The Labute approximate surface area is 164 Å². The number of methoxy groups -OCH3 is 1. The molecule has 0 radical (unpaired) electrons. The number of aliphatic hydroxyl groups is 1. The molecule has 152 valence electrons. The van der Waals surface area contributed by atoms with Gasteiger partial charge in [0.15, 0.2) is 0 Å². The van der Waals surface area contributed by atoms with Gasteiger partial charge in [0.05, 0.1) is 7.11 Å². The van der Waals surface area contributed by atoms with E-state index in [1.807, 2.05) is 0 Å². The highest BCUT2D eigenvalue weighted by atomic mass is 16.5. The van der Waals surface area contributed by atoms with Gasteiger partial charge in [0.2, 0.25) is 0 Å². The molecule has 3 aliphatic heterocycles. The zero-order valence-corrected chi connectivity index (χ0v) is 17.5. The zero-order chi connectivity index (χ0) is 19.2. The Kier molecular flexibility index (Phi) is 3.90. The first-order valence-corrected chi connectivity index (χ1v) is 11.4. The zero-order valence-electron chi connectivity index (χ0n) is 17.5. The first-order chi connectivity index (χ1) is 12.8. The van der Waals surface area contributed by atoms with Crippen molar-refractivity contribution >= 4 is 5.97 Å². The summed E-state index contributed by atoms with van der Waals surface area (Å²) in [5.74, 6) is 2.21. The second-order valence-electron chi connectivity index (χ2n) is 10.9. The van der Waals surface area contributed by atoms with E-state index in [-0.39, 0.29) is 28.6 Å². The Bertz CT molecular complexity index is 650. The fourth-order valence-corrected chi connectivity index (χ4v) is 9.51. The minimum Gasteiger partial charge on any atom is -0.469 e. The molecule has 5 fully saturated rings. The summed E-state index contributed by atoms with van der Waals surface area (Å²) in [6, 6.07) is 0.442. The number of piperidine rings is 2. The minimum atomic E-state index is -0.273. The molecule has 1 unspecified atom stereocenters. The van der Waals surface area contributed by atoms with Gasteiger partial charge in [-0.2, -0.15) is 0 Å². The van der Waals surface area contributed by atoms with Crippen molar-refractivity contribution in [2.24, 2.45) is 34.5 Å². The lowest BCUT2D eigenvalue weighted by Gasteiger charge is -2.68. The van der Waals surface area contributed by atoms with Crippen LogP contribution in [0.15, 0.2) is 0 Å². The molecule has 2 aliphatic carbocycles. The van der Waals surface area contributed by atoms with E-state index < -0.39 is 0 Å². The van der Waals surface area contributed by atoms with E-state index >= 15 is 0 Å². The highest BCUT2D eigenvalue weighted by Gasteiger charge is 2.81. The van der Waals surface area contributed by atoms with Crippen molar-refractivity contribution < 1.29 is 14.6 Å². The number of aliphatic hydroxyl groups excluding tert-OH is 1. The second-order valence-corrected chi connectivity index (χ2v) is 10.9. The third kappa shape index (κ3) is 1.91. The predicted octanol–water partition coefficient (Wildman–Crippen LogP) is 3.96. The van der Waals surface area contributed by atoms with E-state index in [1.165, 1.54) is 52.1 Å². The lowest BCUT2D eigenvalue weighted by atomic mass is 9.42. The van der Waals surface area contributed by atoms with Gasteiger partial charge < -0.3 is 9.84 Å². The monoisotopic (exact) mass is 375 g/mol. The molecule has 0 aromatic rings. The summed E-state index contributed by atoms with van der Waals surface area (Å²) in [6.45, 7) is 7.24. The molecular weight excluding hydrogens is 338 g/mol. The molecule has 1 N–H and O–H groups in total. The van der Waals surface area contributed by atoms with Crippen molar-refractivity contribution in [2.75, 3.05) is 7.11 Å². The van der Waals surface area contributed by atoms with Gasteiger partial charge in [-0.25, -0.2) is 0 Å². The van der Waals surface area contributed by atoms with Crippen LogP contribution in [0.5, 0.6) is 0 Å². The first-order valence-electron chi connectivity index (χ1n) is 11.4. The Balaban J connectivity index is 1.70. The van der Waals surface area contributed by atoms with Crippen molar-refractivity contribution in [3.63, 3.8) is 0 Å². The summed E-state index contributed by atoms with van der Waals surface area (Å²) in [6.07, 6.45) is 9.97. The number of hydrogen-bond acceptors (Lipinski definition) is 4. The second kappa shape index (κ2) is 5.72. The quantitative estimate of drug-likeness (QED) is 0.756. The van der Waals surface area contributed by atoms with Crippen molar-refractivity contribution in [3.05, 3.63) is 0 Å². The summed E-state index contributed by atoms with van der Waals surface area (Å²) < 4.78 is 5.07. The molecule has 0 aromatic heterocycles. The molecule has 3 saturated heterocycles. The van der Waals surface area contributed by atoms with Gasteiger partial charge in [0, 0.05) is 23.9 Å². The smallest absolute Gasteiger partial charge is 0.305 e. The molecule has 2 saturated carbocycles. The Morgan fingerprint density at radius 1 is 1.22 bits per heavy atom. The molecule has 0 amide bonds. The minimum absolute atomic E-state index is 0.0592. The van der Waals surface area contributed by atoms with E-state index in [0.717, 1.165) is 6.42 Å². The number of nitrogens with zero attached hydrogens (tertiary/aromatic N) is 1. The third-order valence-corrected chi connectivity index (χ3v) is 10.4. The Morgan fingerprint density at radius 3 is 2.70 bits per heavy atom. The lowest BCUT2D eigenvalue weighted by Crippen LogP contribution is -2.72. The Hall–Kier alpha value is -0.610. The number of carbonyl (C=O) groups excluding carboxylic acids is 1. The SMILES string of the molecule is COC(=O)CC[C@@]12[C@H]3[C@H](C(C)C)CC[C@]1(C)[C@H]1CC[C@]4(CCC[C@@H]42)N3[C@@H]1O. The summed E-state index contributed by atoms with van der Waals surface area (Å²) in [5.41, 5.74) is 0.525. The molecule has 5 rings (SSSR count). The van der Waals surface area contributed by atoms with Crippen LogP contribution in [-0.4, -0.2) is 40.9 Å². The largest absolute Gasteiger partial charge is 0.469 e. The maximum atomic E-state index is 12.2. The fourth-order valence-electron chi connectivity index (χ4n) is 9.51. The Morgan fingerprint density at radius 2 is 2.00 bits per heavy atom. The third-order valence-electron chi connectivity index (χ3n) is 10.4. The maximum absolute atomic E-state index is 12.2. The van der Waals surface area contributed by atoms with Gasteiger partial charge in [0.25, 0.3) is 0 Å². The number of rotatable bonds is 4. The highest BCUT2D eigenvalue weighted by Crippen LogP contribution is 2.80. The molecule has 3 heterocycles. The van der Waals surface area contributed by atoms with Crippen LogP contribution in [0, 0.1) is 34.5 Å². The summed E-state index contributed by atoms with van der Waals surface area (Å²) in [7, 11) is 1.52. The average molecular weight is 376 g/mol. The normalized spacial score (nSPS) is 55.0. The number of carbonyl (C=O) groups is 1. The number of ether oxygens (including phenoxy) is 1. The van der Waals surface area contributed by atoms with Gasteiger partial charge in [-0.15, -0.1) is 0 Å². The highest BCUT2D eigenvalue weighted by molar-refractivity contribution is 5.69. The van der Waals surface area contributed by atoms with Crippen molar-refractivity contribution in [1.29, 1.82) is 0 Å². The summed E-state index contributed by atoms with van der Waals surface area (Å²) >= 11 is 0. The topological polar surface area (TPSA) is 49.8 Å². The van der Waals surface area contributed by atoms with Crippen molar-refractivity contribution in [3.8, 4) is 0 Å². The number of hydrogen-bond donors (Lipinski definition) is 1. The molecule has 4 nitrogen and oxygen atoms in total. The molecular formula is C23H37NO3. The van der Waals surface area contributed by atoms with Crippen molar-refractivity contribution in [2.45, 2.75) is 96.4 Å². The van der Waals surface area contributed by atoms with Crippen LogP contribution in [0.2, 0.25) is 0 Å². The van der Waals surface area contributed by atoms with E-state index in [0.29, 0.717) is 36.1 Å².